The lowest BCUT2D eigenvalue weighted by Crippen LogP contribution is -2.20. The summed E-state index contributed by atoms with van der Waals surface area (Å²) in [5.41, 5.74) is 1.66. The lowest BCUT2D eigenvalue weighted by atomic mass is 9.91. The summed E-state index contributed by atoms with van der Waals surface area (Å²) in [5.74, 6) is -2.08. The Morgan fingerprint density at radius 2 is 1.70 bits per heavy atom. The first-order valence-electron chi connectivity index (χ1n) is 8.00. The molecule has 0 saturated heterocycles. The van der Waals surface area contributed by atoms with Crippen molar-refractivity contribution < 1.29 is 30.0 Å². The Morgan fingerprint density at radius 1 is 0.926 bits per heavy atom. The number of benzene rings is 3. The number of ether oxygens (including phenoxy) is 1. The number of carbonyl (C=O) groups is 1. The van der Waals surface area contributed by atoms with Crippen LogP contribution in [0.4, 0.5) is 0 Å². The second-order valence-corrected chi connectivity index (χ2v) is 6.12. The normalized spacial score (nSPS) is 12.1. The van der Waals surface area contributed by atoms with Gasteiger partial charge in [0.25, 0.3) is 0 Å². The lowest BCUT2D eigenvalue weighted by Gasteiger charge is -2.23. The number of hydrogen-bond donors (Lipinski definition) is 4. The van der Waals surface area contributed by atoms with Crippen LogP contribution in [0, 0.1) is 0 Å². The van der Waals surface area contributed by atoms with Gasteiger partial charge in [0, 0.05) is 21.6 Å². The zero-order valence-corrected chi connectivity index (χ0v) is 13.9. The van der Waals surface area contributed by atoms with Crippen LogP contribution in [-0.2, 0) is 0 Å². The van der Waals surface area contributed by atoms with E-state index < -0.39 is 11.7 Å². The molecule has 6 nitrogen and oxygen atoms in total. The number of carboxylic acid groups (broad SMARTS) is 1. The molecule has 0 aromatic heterocycles. The number of carboxylic acids is 1. The van der Waals surface area contributed by atoms with E-state index in [4.69, 9.17) is 4.74 Å². The van der Waals surface area contributed by atoms with Crippen molar-refractivity contribution >= 4 is 18.1 Å². The Labute approximate surface area is 153 Å². The van der Waals surface area contributed by atoms with Crippen LogP contribution in [0.2, 0.25) is 0 Å². The molecule has 0 atom stereocenters. The molecule has 3 aromatic rings. The highest BCUT2D eigenvalue weighted by molar-refractivity contribution is 5.92. The summed E-state index contributed by atoms with van der Waals surface area (Å²) < 4.78 is 5.69. The first-order valence-corrected chi connectivity index (χ1v) is 8.00. The van der Waals surface area contributed by atoms with E-state index in [9.17, 15) is 25.2 Å². The minimum atomic E-state index is -1.07. The van der Waals surface area contributed by atoms with Crippen LogP contribution in [0.1, 0.15) is 21.5 Å². The fraction of sp³-hybridized carbons (Fsp3) is 0. The molecular weight excluding hydrogens is 348 g/mol. The highest BCUT2D eigenvalue weighted by Gasteiger charge is 2.26. The molecule has 0 bridgehead atoms. The summed E-state index contributed by atoms with van der Waals surface area (Å²) in [6.45, 7) is 3.73. The van der Waals surface area contributed by atoms with Gasteiger partial charge in [-0.15, -0.1) is 0 Å². The van der Waals surface area contributed by atoms with Crippen LogP contribution < -0.4 is 15.2 Å². The third-order valence-corrected chi connectivity index (χ3v) is 4.47. The van der Waals surface area contributed by atoms with Crippen molar-refractivity contribution in [3.63, 3.8) is 0 Å². The quantitative estimate of drug-likeness (QED) is 0.408. The summed E-state index contributed by atoms with van der Waals surface area (Å²) in [4.78, 5) is 11.4. The van der Waals surface area contributed by atoms with Crippen molar-refractivity contribution in [2.24, 2.45) is 0 Å². The number of aromatic carboxylic acids is 1. The molecule has 1 aliphatic rings. The van der Waals surface area contributed by atoms with Crippen molar-refractivity contribution in [1.82, 2.24) is 0 Å². The average Bonchev–Trinajstić information content (AvgIpc) is 2.66. The number of phenols is 3. The van der Waals surface area contributed by atoms with Crippen molar-refractivity contribution in [3.8, 4) is 28.7 Å². The predicted molar refractivity (Wildman–Crippen MR) is 97.7 cm³/mol. The molecule has 1 aliphatic heterocycles. The van der Waals surface area contributed by atoms with E-state index in [0.29, 0.717) is 27.1 Å². The molecule has 0 saturated carbocycles. The van der Waals surface area contributed by atoms with Gasteiger partial charge in [0.05, 0.1) is 5.56 Å². The fourth-order valence-electron chi connectivity index (χ4n) is 3.14. The molecule has 3 aromatic carbocycles. The predicted octanol–water partition coefficient (Wildman–Crippen LogP) is 2.26. The van der Waals surface area contributed by atoms with E-state index in [0.717, 1.165) is 0 Å². The van der Waals surface area contributed by atoms with E-state index in [-0.39, 0.29) is 28.6 Å². The molecule has 0 spiro atoms. The van der Waals surface area contributed by atoms with Crippen LogP contribution in [0.5, 0.6) is 28.7 Å². The van der Waals surface area contributed by atoms with Gasteiger partial charge in [0.15, 0.2) is 23.0 Å². The summed E-state index contributed by atoms with van der Waals surface area (Å²) >= 11 is 0. The molecule has 0 radical (unpaired) electrons. The standard InChI is InChI=1S/C21H14O6/c1-10-5-6-13-16(11-3-2-4-12(9-11)21(25)26)14-7-8-15(22)18(24)20(14)27-19(13)17(10)23/h2-9,22-24H,1H2,(H,25,26). The van der Waals surface area contributed by atoms with Crippen LogP contribution in [-0.4, -0.2) is 26.4 Å². The van der Waals surface area contributed by atoms with Gasteiger partial charge in [0.1, 0.15) is 0 Å². The summed E-state index contributed by atoms with van der Waals surface area (Å²) in [7, 11) is 0. The molecule has 1 heterocycles. The van der Waals surface area contributed by atoms with E-state index in [1.54, 1.807) is 30.3 Å². The van der Waals surface area contributed by atoms with E-state index in [2.05, 4.69) is 6.58 Å². The van der Waals surface area contributed by atoms with Crippen LogP contribution in [0.15, 0.2) is 48.5 Å². The van der Waals surface area contributed by atoms with Crippen LogP contribution >= 0.6 is 0 Å². The zero-order chi connectivity index (χ0) is 19.3. The molecule has 0 aliphatic carbocycles. The van der Waals surface area contributed by atoms with Gasteiger partial charge < -0.3 is 25.2 Å². The minimum absolute atomic E-state index is 0.0286. The van der Waals surface area contributed by atoms with Crippen molar-refractivity contribution in [2.75, 3.05) is 0 Å². The molecule has 27 heavy (non-hydrogen) atoms. The van der Waals surface area contributed by atoms with Gasteiger partial charge in [-0.3, -0.25) is 0 Å². The maximum Gasteiger partial charge on any atom is 0.335 e. The molecule has 4 N–H and O–H groups in total. The Bertz CT molecular complexity index is 1230. The SMILES string of the molecule is C=c1ccc2c(c1O)Oc1c(ccc(O)c1O)C=2c1cccc(C(=O)O)c1. The van der Waals surface area contributed by atoms with Crippen molar-refractivity contribution in [3.05, 3.63) is 75.7 Å². The van der Waals surface area contributed by atoms with Gasteiger partial charge in [-0.25, -0.2) is 4.79 Å². The number of aromatic hydroxyl groups is 3. The number of fused-ring (bicyclic) bond motifs is 2. The molecule has 4 rings (SSSR count). The fourth-order valence-corrected chi connectivity index (χ4v) is 3.14. The molecule has 0 amide bonds. The van der Waals surface area contributed by atoms with E-state index >= 15 is 0 Å². The zero-order valence-electron chi connectivity index (χ0n) is 13.9. The van der Waals surface area contributed by atoms with Gasteiger partial charge in [-0.1, -0.05) is 24.8 Å². The monoisotopic (exact) mass is 362 g/mol. The largest absolute Gasteiger partial charge is 0.504 e. The molecule has 0 unspecified atom stereocenters. The average molecular weight is 362 g/mol. The van der Waals surface area contributed by atoms with Crippen molar-refractivity contribution in [2.45, 2.75) is 0 Å². The smallest absolute Gasteiger partial charge is 0.335 e. The minimum Gasteiger partial charge on any atom is -0.504 e. The van der Waals surface area contributed by atoms with Gasteiger partial charge in [0.2, 0.25) is 5.75 Å². The summed E-state index contributed by atoms with van der Waals surface area (Å²) in [6.07, 6.45) is 0. The maximum atomic E-state index is 11.4. The Kier molecular flexibility index (Phi) is 3.56. The maximum absolute atomic E-state index is 11.4. The van der Waals surface area contributed by atoms with Gasteiger partial charge in [-0.05, 0) is 35.9 Å². The Hall–Kier alpha value is -3.93. The second-order valence-electron chi connectivity index (χ2n) is 6.12. The van der Waals surface area contributed by atoms with Crippen LogP contribution in [0.25, 0.3) is 12.2 Å². The Balaban J connectivity index is 2.16. The first-order chi connectivity index (χ1) is 12.9. The molecule has 6 heteroatoms. The highest BCUT2D eigenvalue weighted by Crippen LogP contribution is 2.47. The van der Waals surface area contributed by atoms with Gasteiger partial charge >= 0.3 is 5.97 Å². The topological polar surface area (TPSA) is 107 Å². The van der Waals surface area contributed by atoms with Crippen LogP contribution in [0.3, 0.4) is 0 Å². The third-order valence-electron chi connectivity index (χ3n) is 4.47. The van der Waals surface area contributed by atoms with Crippen molar-refractivity contribution in [1.29, 1.82) is 0 Å². The molecule has 134 valence electrons. The van der Waals surface area contributed by atoms with E-state index in [1.165, 1.54) is 18.2 Å². The molecule has 0 fully saturated rings. The molecular formula is C21H14O6. The summed E-state index contributed by atoms with van der Waals surface area (Å²) in [5, 5.41) is 40.6. The highest BCUT2D eigenvalue weighted by atomic mass is 16.5. The summed E-state index contributed by atoms with van der Waals surface area (Å²) in [6, 6.07) is 12.5. The number of hydrogen-bond acceptors (Lipinski definition) is 5. The number of phenolic OH excluding ortho intramolecular Hbond substituents is 3. The lowest BCUT2D eigenvalue weighted by molar-refractivity contribution is 0.0697. The second kappa shape index (κ2) is 5.81. The van der Waals surface area contributed by atoms with Gasteiger partial charge in [-0.2, -0.15) is 0 Å². The third kappa shape index (κ3) is 2.46. The van der Waals surface area contributed by atoms with E-state index in [1.807, 2.05) is 0 Å². The number of rotatable bonds is 2. The first kappa shape index (κ1) is 16.5. The Morgan fingerprint density at radius 3 is 2.44 bits per heavy atom.